The van der Waals surface area contributed by atoms with Crippen LogP contribution in [-0.4, -0.2) is 81.6 Å². The Hall–Kier alpha value is -3.77. The molecule has 5 rings (SSSR count). The van der Waals surface area contributed by atoms with Gasteiger partial charge in [0.15, 0.2) is 22.8 Å². The number of aromatic amines is 1. The number of likely N-dealkylation sites (tertiary alicyclic amines) is 1. The van der Waals surface area contributed by atoms with Crippen LogP contribution in [0, 0.1) is 11.6 Å². The maximum Gasteiger partial charge on any atom is 0.282 e. The number of rotatable bonds is 6. The summed E-state index contributed by atoms with van der Waals surface area (Å²) in [4.78, 5) is 36.5. The van der Waals surface area contributed by atoms with Crippen molar-refractivity contribution >= 4 is 28.7 Å². The average Bonchev–Trinajstić information content (AvgIpc) is 3.21. The Labute approximate surface area is 199 Å². The number of benzene rings is 1. The number of hydrogen-bond acceptors (Lipinski definition) is 8. The van der Waals surface area contributed by atoms with Crippen molar-refractivity contribution in [2.24, 2.45) is 7.05 Å². The van der Waals surface area contributed by atoms with Crippen molar-refractivity contribution in [1.29, 1.82) is 0 Å². The lowest BCUT2D eigenvalue weighted by Gasteiger charge is -2.36. The van der Waals surface area contributed by atoms with E-state index in [1.54, 1.807) is 16.8 Å². The van der Waals surface area contributed by atoms with E-state index in [1.165, 1.54) is 16.8 Å². The number of ether oxygens (including phenoxy) is 1. The van der Waals surface area contributed by atoms with Gasteiger partial charge in [-0.2, -0.15) is 4.98 Å². The van der Waals surface area contributed by atoms with Gasteiger partial charge in [-0.1, -0.05) is 5.21 Å². The van der Waals surface area contributed by atoms with Gasteiger partial charge < -0.3 is 19.4 Å². The Morgan fingerprint density at radius 1 is 1.03 bits per heavy atom. The first-order valence-corrected chi connectivity index (χ1v) is 11.6. The third kappa shape index (κ3) is 4.62. The van der Waals surface area contributed by atoms with E-state index in [9.17, 15) is 18.4 Å². The molecule has 13 heteroatoms. The highest BCUT2D eigenvalue weighted by Gasteiger charge is 2.25. The molecule has 0 spiro atoms. The van der Waals surface area contributed by atoms with Crippen LogP contribution in [0.25, 0.3) is 11.2 Å². The molecular weight excluding hydrogens is 462 g/mol. The van der Waals surface area contributed by atoms with Crippen molar-refractivity contribution in [1.82, 2.24) is 29.9 Å². The normalized spacial score (nSPS) is 16.9. The highest BCUT2D eigenvalue weighted by Crippen LogP contribution is 2.29. The second-order valence-electron chi connectivity index (χ2n) is 8.67. The lowest BCUT2D eigenvalue weighted by Crippen LogP contribution is -2.48. The SMILES string of the molecule is Cn1nnc2c(=O)[nH]c(N3CCN(c4c(F)cc(OCCN5CCCCC5=O)cc4F)CC3)nc21. The van der Waals surface area contributed by atoms with Gasteiger partial charge in [0.2, 0.25) is 11.9 Å². The summed E-state index contributed by atoms with van der Waals surface area (Å²) in [5.41, 5.74) is 0.0150. The van der Waals surface area contributed by atoms with Crippen LogP contribution in [0.3, 0.4) is 0 Å². The van der Waals surface area contributed by atoms with E-state index in [4.69, 9.17) is 4.74 Å². The van der Waals surface area contributed by atoms with E-state index in [0.29, 0.717) is 57.3 Å². The van der Waals surface area contributed by atoms with Gasteiger partial charge in [-0.25, -0.2) is 13.5 Å². The summed E-state index contributed by atoms with van der Waals surface area (Å²) < 4.78 is 36.7. The first-order valence-electron chi connectivity index (χ1n) is 11.6. The molecule has 2 saturated heterocycles. The molecule has 4 heterocycles. The van der Waals surface area contributed by atoms with E-state index in [2.05, 4.69) is 20.3 Å². The fourth-order valence-corrected chi connectivity index (χ4v) is 4.50. The first kappa shape index (κ1) is 23.0. The maximum absolute atomic E-state index is 14.9. The Morgan fingerprint density at radius 2 is 1.74 bits per heavy atom. The number of hydrogen-bond donors (Lipinski definition) is 1. The summed E-state index contributed by atoms with van der Waals surface area (Å²) >= 11 is 0. The van der Waals surface area contributed by atoms with E-state index in [1.807, 2.05) is 4.90 Å². The second-order valence-corrected chi connectivity index (χ2v) is 8.67. The van der Waals surface area contributed by atoms with E-state index >= 15 is 0 Å². The summed E-state index contributed by atoms with van der Waals surface area (Å²) in [7, 11) is 1.65. The molecule has 35 heavy (non-hydrogen) atoms. The highest BCUT2D eigenvalue weighted by atomic mass is 19.1. The molecule has 0 saturated carbocycles. The smallest absolute Gasteiger partial charge is 0.282 e. The molecule has 2 aromatic heterocycles. The first-order chi connectivity index (χ1) is 16.9. The molecule has 1 aromatic carbocycles. The number of carbonyl (C=O) groups is 1. The van der Waals surface area contributed by atoms with Gasteiger partial charge in [0, 0.05) is 58.3 Å². The predicted molar refractivity (Wildman–Crippen MR) is 124 cm³/mol. The molecular formula is C22H26F2N8O3. The number of carbonyl (C=O) groups excluding carboxylic acids is 1. The predicted octanol–water partition coefficient (Wildman–Crippen LogP) is 1.05. The molecule has 3 aromatic rings. The van der Waals surface area contributed by atoms with Crippen molar-refractivity contribution in [3.63, 3.8) is 0 Å². The minimum absolute atomic E-state index is 0.0860. The van der Waals surface area contributed by atoms with E-state index in [-0.39, 0.29) is 29.5 Å². The minimum atomic E-state index is -0.712. The lowest BCUT2D eigenvalue weighted by molar-refractivity contribution is -0.133. The standard InChI is InChI=1S/C22H26F2N8O3/c1-29-20-18(27-28-29)21(34)26-22(25-20)32-8-6-31(7-9-32)19-15(23)12-14(13-16(19)24)35-11-10-30-5-3-2-4-17(30)33/h12-13H,2-11H2,1H3,(H,25,26,34). The zero-order valence-corrected chi connectivity index (χ0v) is 19.3. The number of H-pyrrole nitrogens is 1. The number of fused-ring (bicyclic) bond motifs is 1. The van der Waals surface area contributed by atoms with Crippen LogP contribution < -0.4 is 20.1 Å². The fourth-order valence-electron chi connectivity index (χ4n) is 4.50. The van der Waals surface area contributed by atoms with Crippen LogP contribution in [0.4, 0.5) is 20.4 Å². The number of piperazine rings is 1. The summed E-state index contributed by atoms with van der Waals surface area (Å²) in [5, 5.41) is 7.61. The van der Waals surface area contributed by atoms with Gasteiger partial charge in [-0.05, 0) is 12.8 Å². The average molecular weight is 488 g/mol. The molecule has 1 N–H and O–H groups in total. The number of nitrogens with one attached hydrogen (secondary N) is 1. The zero-order valence-electron chi connectivity index (χ0n) is 19.3. The number of aromatic nitrogens is 5. The maximum atomic E-state index is 14.9. The number of halogens is 2. The molecule has 0 radical (unpaired) electrons. The molecule has 0 atom stereocenters. The van der Waals surface area contributed by atoms with E-state index < -0.39 is 17.2 Å². The Morgan fingerprint density at radius 3 is 2.46 bits per heavy atom. The van der Waals surface area contributed by atoms with Crippen molar-refractivity contribution in [2.45, 2.75) is 19.3 Å². The molecule has 186 valence electrons. The van der Waals surface area contributed by atoms with Crippen LogP contribution in [0.2, 0.25) is 0 Å². The van der Waals surface area contributed by atoms with Gasteiger partial charge >= 0.3 is 0 Å². The van der Waals surface area contributed by atoms with Crippen LogP contribution >= 0.6 is 0 Å². The third-order valence-electron chi connectivity index (χ3n) is 6.39. The van der Waals surface area contributed by atoms with Gasteiger partial charge in [0.25, 0.3) is 5.56 Å². The number of nitrogens with zero attached hydrogens (tertiary/aromatic N) is 7. The number of aryl methyl sites for hydroxylation is 1. The van der Waals surface area contributed by atoms with Gasteiger partial charge in [-0.15, -0.1) is 5.10 Å². The van der Waals surface area contributed by atoms with Gasteiger partial charge in [0.1, 0.15) is 18.0 Å². The molecule has 0 bridgehead atoms. The second kappa shape index (κ2) is 9.47. The summed E-state index contributed by atoms with van der Waals surface area (Å²) in [6.45, 7) is 2.72. The number of amides is 1. The van der Waals surface area contributed by atoms with Crippen molar-refractivity contribution in [3.05, 3.63) is 34.1 Å². The van der Waals surface area contributed by atoms with Crippen molar-refractivity contribution < 1.29 is 18.3 Å². The van der Waals surface area contributed by atoms with Crippen molar-refractivity contribution in [2.75, 3.05) is 55.7 Å². The molecule has 1 amide bonds. The van der Waals surface area contributed by atoms with Crippen LogP contribution in [0.15, 0.2) is 16.9 Å². The summed E-state index contributed by atoms with van der Waals surface area (Å²) in [6.07, 6.45) is 2.39. The van der Waals surface area contributed by atoms with Gasteiger partial charge in [0.05, 0.1) is 6.54 Å². The molecule has 0 aliphatic carbocycles. The zero-order chi connectivity index (χ0) is 24.5. The Balaban J connectivity index is 1.22. The monoisotopic (exact) mass is 488 g/mol. The van der Waals surface area contributed by atoms with Crippen LogP contribution in [0.1, 0.15) is 19.3 Å². The molecule has 0 unspecified atom stereocenters. The van der Waals surface area contributed by atoms with Crippen LogP contribution in [0.5, 0.6) is 5.75 Å². The minimum Gasteiger partial charge on any atom is -0.492 e. The lowest BCUT2D eigenvalue weighted by atomic mass is 10.1. The number of anilines is 2. The molecule has 11 nitrogen and oxygen atoms in total. The number of piperidine rings is 1. The Bertz CT molecular complexity index is 1280. The summed E-state index contributed by atoms with van der Waals surface area (Å²) in [5.74, 6) is -0.883. The Kier molecular flexibility index (Phi) is 6.22. The van der Waals surface area contributed by atoms with E-state index in [0.717, 1.165) is 12.8 Å². The van der Waals surface area contributed by atoms with Crippen molar-refractivity contribution in [3.8, 4) is 5.75 Å². The highest BCUT2D eigenvalue weighted by molar-refractivity contribution is 5.76. The van der Waals surface area contributed by atoms with Gasteiger partial charge in [-0.3, -0.25) is 14.6 Å². The summed E-state index contributed by atoms with van der Waals surface area (Å²) in [6, 6.07) is 2.34. The van der Waals surface area contributed by atoms with Crippen LogP contribution in [-0.2, 0) is 11.8 Å². The molecule has 2 fully saturated rings. The largest absolute Gasteiger partial charge is 0.492 e. The third-order valence-corrected chi connectivity index (χ3v) is 6.39. The molecule has 2 aliphatic rings. The quantitative estimate of drug-likeness (QED) is 0.548. The molecule has 2 aliphatic heterocycles. The topological polar surface area (TPSA) is 112 Å². The fraction of sp³-hybridized carbons (Fsp3) is 0.500.